The van der Waals surface area contributed by atoms with Crippen LogP contribution in [0.5, 0.6) is 0 Å². The molecule has 2 rings (SSSR count). The Morgan fingerprint density at radius 2 is 2.10 bits per heavy atom. The molecule has 1 aliphatic heterocycles. The van der Waals surface area contributed by atoms with E-state index >= 15 is 0 Å². The molecular formula is C15H18FNO3. The van der Waals surface area contributed by atoms with Crippen LogP contribution in [0, 0.1) is 18.7 Å². The van der Waals surface area contributed by atoms with Crippen molar-refractivity contribution in [3.63, 3.8) is 0 Å². The van der Waals surface area contributed by atoms with Gasteiger partial charge >= 0.3 is 5.97 Å². The number of amides is 1. The topological polar surface area (TPSA) is 57.6 Å². The summed E-state index contributed by atoms with van der Waals surface area (Å²) in [5.74, 6) is -2.14. The Hall–Kier alpha value is -1.91. The van der Waals surface area contributed by atoms with E-state index in [1.807, 2.05) is 0 Å². The Morgan fingerprint density at radius 3 is 2.70 bits per heavy atom. The summed E-state index contributed by atoms with van der Waals surface area (Å²) in [7, 11) is 0. The number of hydrogen-bond acceptors (Lipinski definition) is 2. The first kappa shape index (κ1) is 14.5. The summed E-state index contributed by atoms with van der Waals surface area (Å²) in [6.07, 6.45) is 0.827. The van der Waals surface area contributed by atoms with Crippen LogP contribution in [0.2, 0.25) is 0 Å². The Kier molecular flexibility index (Phi) is 4.06. The van der Waals surface area contributed by atoms with Gasteiger partial charge < -0.3 is 10.0 Å². The van der Waals surface area contributed by atoms with Crippen LogP contribution in [0.15, 0.2) is 18.2 Å². The van der Waals surface area contributed by atoms with Crippen LogP contribution >= 0.6 is 0 Å². The van der Waals surface area contributed by atoms with E-state index in [1.54, 1.807) is 24.8 Å². The Morgan fingerprint density at radius 1 is 1.40 bits per heavy atom. The second-order valence-corrected chi connectivity index (χ2v) is 5.39. The molecule has 0 spiro atoms. The normalized spacial score (nSPS) is 22.6. The predicted molar refractivity (Wildman–Crippen MR) is 72.0 cm³/mol. The van der Waals surface area contributed by atoms with Crippen molar-refractivity contribution in [3.8, 4) is 0 Å². The van der Waals surface area contributed by atoms with E-state index in [0.717, 1.165) is 5.56 Å². The van der Waals surface area contributed by atoms with Crippen molar-refractivity contribution in [2.24, 2.45) is 5.92 Å². The third kappa shape index (κ3) is 2.81. The molecule has 1 aromatic carbocycles. The maximum Gasteiger partial charge on any atom is 0.306 e. The smallest absolute Gasteiger partial charge is 0.306 e. The van der Waals surface area contributed by atoms with Crippen LogP contribution in [-0.4, -0.2) is 34.5 Å². The number of carboxylic acid groups (broad SMARTS) is 1. The number of rotatable bonds is 2. The summed E-state index contributed by atoms with van der Waals surface area (Å²) in [5.41, 5.74) is 0.883. The number of carbonyl (C=O) groups is 2. The molecule has 0 aliphatic carbocycles. The minimum atomic E-state index is -0.828. The fourth-order valence-electron chi connectivity index (χ4n) is 2.66. The molecule has 1 saturated heterocycles. The summed E-state index contributed by atoms with van der Waals surface area (Å²) < 4.78 is 13.8. The van der Waals surface area contributed by atoms with Gasteiger partial charge in [0.2, 0.25) is 0 Å². The molecule has 1 aromatic rings. The fourth-order valence-corrected chi connectivity index (χ4v) is 2.66. The van der Waals surface area contributed by atoms with Crippen LogP contribution < -0.4 is 0 Å². The quantitative estimate of drug-likeness (QED) is 0.904. The van der Waals surface area contributed by atoms with E-state index in [-0.39, 0.29) is 17.5 Å². The summed E-state index contributed by atoms with van der Waals surface area (Å²) in [6.45, 7) is 3.96. The highest BCUT2D eigenvalue weighted by Gasteiger charge is 2.33. The third-order valence-electron chi connectivity index (χ3n) is 3.84. The van der Waals surface area contributed by atoms with Gasteiger partial charge in [0.05, 0.1) is 11.5 Å². The van der Waals surface area contributed by atoms with Crippen LogP contribution in [0.3, 0.4) is 0 Å². The number of hydrogen-bond donors (Lipinski definition) is 1. The molecule has 1 heterocycles. The maximum atomic E-state index is 13.8. The minimum absolute atomic E-state index is 0.0608. The molecule has 1 amide bonds. The van der Waals surface area contributed by atoms with E-state index in [0.29, 0.717) is 19.4 Å². The molecule has 4 nitrogen and oxygen atoms in total. The number of aryl methyl sites for hydroxylation is 1. The standard InChI is InChI=1S/C15H18FNO3/c1-9-3-4-13(16)12(7-9)14(18)17-6-5-11(15(19)20)8-10(17)2/h3-4,7,10-11H,5-6,8H2,1-2H3,(H,19,20). The maximum absolute atomic E-state index is 13.8. The first-order chi connectivity index (χ1) is 9.40. The lowest BCUT2D eigenvalue weighted by molar-refractivity contribution is -0.143. The highest BCUT2D eigenvalue weighted by atomic mass is 19.1. The first-order valence-electron chi connectivity index (χ1n) is 6.70. The molecule has 20 heavy (non-hydrogen) atoms. The summed E-state index contributed by atoms with van der Waals surface area (Å²) in [4.78, 5) is 24.9. The number of carbonyl (C=O) groups excluding carboxylic acids is 1. The molecule has 108 valence electrons. The Bertz CT molecular complexity index is 544. The molecule has 2 unspecified atom stereocenters. The lowest BCUT2D eigenvalue weighted by Gasteiger charge is -2.36. The van der Waals surface area contributed by atoms with Crippen molar-refractivity contribution in [1.82, 2.24) is 4.90 Å². The molecule has 1 fully saturated rings. The van der Waals surface area contributed by atoms with Crippen molar-refractivity contribution < 1.29 is 19.1 Å². The van der Waals surface area contributed by atoms with Gasteiger partial charge in [0.25, 0.3) is 5.91 Å². The number of nitrogens with zero attached hydrogens (tertiary/aromatic N) is 1. The SMILES string of the molecule is Cc1ccc(F)c(C(=O)N2CCC(C(=O)O)CC2C)c1. The van der Waals surface area contributed by atoms with Gasteiger partial charge in [0, 0.05) is 12.6 Å². The number of likely N-dealkylation sites (tertiary alicyclic amines) is 1. The monoisotopic (exact) mass is 279 g/mol. The second-order valence-electron chi connectivity index (χ2n) is 5.39. The molecule has 0 aromatic heterocycles. The van der Waals surface area contributed by atoms with Gasteiger partial charge in [-0.25, -0.2) is 4.39 Å². The van der Waals surface area contributed by atoms with Crippen LogP contribution in [0.1, 0.15) is 35.7 Å². The number of aliphatic carboxylic acids is 1. The molecule has 1 aliphatic rings. The van der Waals surface area contributed by atoms with Crippen LogP contribution in [0.4, 0.5) is 4.39 Å². The van der Waals surface area contributed by atoms with E-state index in [9.17, 15) is 14.0 Å². The van der Waals surface area contributed by atoms with E-state index < -0.39 is 17.7 Å². The van der Waals surface area contributed by atoms with Gasteiger partial charge in [-0.05, 0) is 38.8 Å². The Labute approximate surface area is 117 Å². The van der Waals surface area contributed by atoms with E-state index in [4.69, 9.17) is 5.11 Å². The lowest BCUT2D eigenvalue weighted by atomic mass is 9.91. The predicted octanol–water partition coefficient (Wildman–Crippen LogP) is 2.46. The molecule has 2 atom stereocenters. The molecule has 1 N–H and O–H groups in total. The lowest BCUT2D eigenvalue weighted by Crippen LogP contribution is -2.46. The van der Waals surface area contributed by atoms with Crippen molar-refractivity contribution in [2.75, 3.05) is 6.54 Å². The second kappa shape index (κ2) is 5.61. The van der Waals surface area contributed by atoms with Crippen molar-refractivity contribution in [1.29, 1.82) is 0 Å². The van der Waals surface area contributed by atoms with Crippen LogP contribution in [-0.2, 0) is 4.79 Å². The zero-order valence-electron chi connectivity index (χ0n) is 11.6. The van der Waals surface area contributed by atoms with Gasteiger partial charge in [0.1, 0.15) is 5.82 Å². The first-order valence-corrected chi connectivity index (χ1v) is 6.70. The van der Waals surface area contributed by atoms with Gasteiger partial charge in [0.15, 0.2) is 0 Å². The summed E-state index contributed by atoms with van der Waals surface area (Å²) in [5, 5.41) is 9.01. The molecule has 0 saturated carbocycles. The van der Waals surface area contributed by atoms with Crippen molar-refractivity contribution >= 4 is 11.9 Å². The van der Waals surface area contributed by atoms with Gasteiger partial charge in [-0.2, -0.15) is 0 Å². The molecule has 0 radical (unpaired) electrons. The Balaban J connectivity index is 2.18. The number of halogens is 1. The van der Waals surface area contributed by atoms with Gasteiger partial charge in [-0.1, -0.05) is 11.6 Å². The van der Waals surface area contributed by atoms with E-state index in [1.165, 1.54) is 12.1 Å². The average Bonchev–Trinajstić information content (AvgIpc) is 2.40. The third-order valence-corrected chi connectivity index (χ3v) is 3.84. The van der Waals surface area contributed by atoms with Crippen molar-refractivity contribution in [2.45, 2.75) is 32.7 Å². The highest BCUT2D eigenvalue weighted by molar-refractivity contribution is 5.95. The number of piperidine rings is 1. The number of carboxylic acids is 1. The number of benzene rings is 1. The zero-order valence-corrected chi connectivity index (χ0v) is 11.6. The summed E-state index contributed by atoms with van der Waals surface area (Å²) >= 11 is 0. The highest BCUT2D eigenvalue weighted by Crippen LogP contribution is 2.25. The fraction of sp³-hybridized carbons (Fsp3) is 0.467. The minimum Gasteiger partial charge on any atom is -0.481 e. The molecule has 0 bridgehead atoms. The van der Waals surface area contributed by atoms with Crippen LogP contribution in [0.25, 0.3) is 0 Å². The molecule has 5 heteroatoms. The largest absolute Gasteiger partial charge is 0.481 e. The van der Waals surface area contributed by atoms with Gasteiger partial charge in [-0.3, -0.25) is 9.59 Å². The van der Waals surface area contributed by atoms with Crippen molar-refractivity contribution in [3.05, 3.63) is 35.1 Å². The van der Waals surface area contributed by atoms with Gasteiger partial charge in [-0.15, -0.1) is 0 Å². The zero-order chi connectivity index (χ0) is 14.9. The summed E-state index contributed by atoms with van der Waals surface area (Å²) in [6, 6.07) is 4.24. The average molecular weight is 279 g/mol. The molecular weight excluding hydrogens is 261 g/mol. The van der Waals surface area contributed by atoms with E-state index in [2.05, 4.69) is 0 Å².